The molecular formula is C14H26O5. The molecule has 0 heterocycles. The van der Waals surface area contributed by atoms with E-state index < -0.39 is 12.1 Å². The Morgan fingerprint density at radius 3 is 2.32 bits per heavy atom. The minimum Gasteiger partial charge on any atom is -0.481 e. The van der Waals surface area contributed by atoms with E-state index in [0.717, 1.165) is 12.8 Å². The second kappa shape index (κ2) is 10.8. The molecule has 0 aliphatic heterocycles. The summed E-state index contributed by atoms with van der Waals surface area (Å²) in [5, 5.41) is 18.3. The maximum atomic E-state index is 11.4. The van der Waals surface area contributed by atoms with E-state index in [1.54, 1.807) is 0 Å². The second-order valence-electron chi connectivity index (χ2n) is 4.81. The molecule has 0 aliphatic rings. The van der Waals surface area contributed by atoms with Crippen molar-refractivity contribution in [2.75, 3.05) is 6.61 Å². The molecule has 112 valence electrons. The van der Waals surface area contributed by atoms with Crippen LogP contribution in [0.3, 0.4) is 0 Å². The minimum absolute atomic E-state index is 0.0112. The predicted molar refractivity (Wildman–Crippen MR) is 71.8 cm³/mol. The van der Waals surface area contributed by atoms with E-state index in [-0.39, 0.29) is 31.3 Å². The Labute approximate surface area is 115 Å². The number of hydrogen-bond acceptors (Lipinski definition) is 4. The average Bonchev–Trinajstić information content (AvgIpc) is 2.35. The monoisotopic (exact) mass is 274 g/mol. The number of carboxylic acids is 1. The summed E-state index contributed by atoms with van der Waals surface area (Å²) in [5.41, 5.74) is 0. The SMILES string of the molecule is CCCC(O)C(CC)COC(=O)CCCCC(=O)O. The first kappa shape index (κ1) is 17.9. The van der Waals surface area contributed by atoms with E-state index >= 15 is 0 Å². The largest absolute Gasteiger partial charge is 0.481 e. The third-order valence-electron chi connectivity index (χ3n) is 3.13. The molecule has 0 aromatic carbocycles. The molecule has 19 heavy (non-hydrogen) atoms. The molecule has 0 aromatic heterocycles. The van der Waals surface area contributed by atoms with Crippen LogP contribution in [0.25, 0.3) is 0 Å². The summed E-state index contributed by atoms with van der Waals surface area (Å²) in [4.78, 5) is 21.7. The van der Waals surface area contributed by atoms with Crippen molar-refractivity contribution >= 4 is 11.9 Å². The Morgan fingerprint density at radius 2 is 1.79 bits per heavy atom. The lowest BCUT2D eigenvalue weighted by atomic mass is 9.97. The lowest BCUT2D eigenvalue weighted by Gasteiger charge is -2.20. The molecular weight excluding hydrogens is 248 g/mol. The number of aliphatic hydroxyl groups is 1. The third-order valence-corrected chi connectivity index (χ3v) is 3.13. The van der Waals surface area contributed by atoms with Crippen LogP contribution in [0.5, 0.6) is 0 Å². The number of ether oxygens (including phenoxy) is 1. The smallest absolute Gasteiger partial charge is 0.305 e. The van der Waals surface area contributed by atoms with Crippen LogP contribution >= 0.6 is 0 Å². The maximum Gasteiger partial charge on any atom is 0.305 e. The molecule has 5 heteroatoms. The molecule has 0 amide bonds. The van der Waals surface area contributed by atoms with Crippen molar-refractivity contribution in [1.82, 2.24) is 0 Å². The maximum absolute atomic E-state index is 11.4. The Morgan fingerprint density at radius 1 is 1.16 bits per heavy atom. The van der Waals surface area contributed by atoms with Gasteiger partial charge in [0.15, 0.2) is 0 Å². The highest BCUT2D eigenvalue weighted by Crippen LogP contribution is 2.14. The summed E-state index contributed by atoms with van der Waals surface area (Å²) in [7, 11) is 0. The Kier molecular flexibility index (Phi) is 10.2. The van der Waals surface area contributed by atoms with Gasteiger partial charge in [0.2, 0.25) is 0 Å². The highest BCUT2D eigenvalue weighted by atomic mass is 16.5. The van der Waals surface area contributed by atoms with Crippen LogP contribution in [-0.4, -0.2) is 34.9 Å². The average molecular weight is 274 g/mol. The molecule has 0 radical (unpaired) electrons. The molecule has 0 saturated heterocycles. The highest BCUT2D eigenvalue weighted by molar-refractivity contribution is 5.69. The van der Waals surface area contributed by atoms with Crippen LogP contribution in [0.15, 0.2) is 0 Å². The zero-order chi connectivity index (χ0) is 14.7. The molecule has 2 atom stereocenters. The first-order chi connectivity index (χ1) is 9.01. The number of carbonyl (C=O) groups is 2. The number of hydrogen-bond donors (Lipinski definition) is 2. The van der Waals surface area contributed by atoms with Gasteiger partial charge in [0.05, 0.1) is 12.7 Å². The van der Waals surface area contributed by atoms with Crippen molar-refractivity contribution in [2.24, 2.45) is 5.92 Å². The van der Waals surface area contributed by atoms with E-state index in [0.29, 0.717) is 19.3 Å². The van der Waals surface area contributed by atoms with Gasteiger partial charge in [0.25, 0.3) is 0 Å². The van der Waals surface area contributed by atoms with Gasteiger partial charge in [-0.15, -0.1) is 0 Å². The summed E-state index contributed by atoms with van der Waals surface area (Å²) in [6, 6.07) is 0. The molecule has 0 fully saturated rings. The molecule has 0 saturated carbocycles. The van der Waals surface area contributed by atoms with Crippen LogP contribution in [0.4, 0.5) is 0 Å². The van der Waals surface area contributed by atoms with Gasteiger partial charge in [-0.3, -0.25) is 9.59 Å². The lowest BCUT2D eigenvalue weighted by molar-refractivity contribution is -0.147. The lowest BCUT2D eigenvalue weighted by Crippen LogP contribution is -2.25. The quantitative estimate of drug-likeness (QED) is 0.446. The fraction of sp³-hybridized carbons (Fsp3) is 0.857. The predicted octanol–water partition coefficient (Wildman–Crippen LogP) is 2.36. The molecule has 0 aliphatic carbocycles. The summed E-state index contributed by atoms with van der Waals surface area (Å²) in [6.45, 7) is 4.21. The fourth-order valence-electron chi connectivity index (χ4n) is 1.85. The standard InChI is InChI=1S/C14H26O5/c1-3-7-12(15)11(4-2)10-19-14(18)9-6-5-8-13(16)17/h11-12,15H,3-10H2,1-2H3,(H,16,17). The van der Waals surface area contributed by atoms with E-state index in [2.05, 4.69) is 0 Å². The van der Waals surface area contributed by atoms with Gasteiger partial charge in [0, 0.05) is 18.8 Å². The van der Waals surface area contributed by atoms with E-state index in [1.807, 2.05) is 13.8 Å². The molecule has 5 nitrogen and oxygen atoms in total. The summed E-state index contributed by atoms with van der Waals surface area (Å²) in [6.07, 6.45) is 3.31. The zero-order valence-electron chi connectivity index (χ0n) is 11.9. The van der Waals surface area contributed by atoms with Gasteiger partial charge < -0.3 is 14.9 Å². The first-order valence-electron chi connectivity index (χ1n) is 7.06. The van der Waals surface area contributed by atoms with Crippen molar-refractivity contribution in [3.05, 3.63) is 0 Å². The Hall–Kier alpha value is -1.10. The Balaban J connectivity index is 3.77. The summed E-state index contributed by atoms with van der Waals surface area (Å²) < 4.78 is 5.12. The van der Waals surface area contributed by atoms with E-state index in [4.69, 9.17) is 9.84 Å². The zero-order valence-corrected chi connectivity index (χ0v) is 11.9. The summed E-state index contributed by atoms with van der Waals surface area (Å²) in [5.74, 6) is -1.17. The number of carboxylic acid groups (broad SMARTS) is 1. The molecule has 0 bridgehead atoms. The molecule has 0 rings (SSSR count). The molecule has 0 aromatic rings. The van der Waals surface area contributed by atoms with Crippen LogP contribution in [0.1, 0.15) is 58.8 Å². The van der Waals surface area contributed by atoms with Gasteiger partial charge in [0.1, 0.15) is 0 Å². The van der Waals surface area contributed by atoms with Crippen molar-refractivity contribution in [3.8, 4) is 0 Å². The van der Waals surface area contributed by atoms with Crippen molar-refractivity contribution in [2.45, 2.75) is 64.9 Å². The molecule has 2 unspecified atom stereocenters. The first-order valence-corrected chi connectivity index (χ1v) is 7.06. The topological polar surface area (TPSA) is 83.8 Å². The number of esters is 1. The fourth-order valence-corrected chi connectivity index (χ4v) is 1.85. The van der Waals surface area contributed by atoms with Gasteiger partial charge in [-0.05, 0) is 25.7 Å². The summed E-state index contributed by atoms with van der Waals surface area (Å²) >= 11 is 0. The van der Waals surface area contributed by atoms with Gasteiger partial charge >= 0.3 is 11.9 Å². The van der Waals surface area contributed by atoms with E-state index in [9.17, 15) is 14.7 Å². The van der Waals surface area contributed by atoms with Crippen LogP contribution in [0.2, 0.25) is 0 Å². The van der Waals surface area contributed by atoms with Crippen molar-refractivity contribution in [1.29, 1.82) is 0 Å². The number of unbranched alkanes of at least 4 members (excludes halogenated alkanes) is 1. The Bertz CT molecular complexity index is 265. The number of rotatable bonds is 11. The second-order valence-corrected chi connectivity index (χ2v) is 4.81. The third kappa shape index (κ3) is 9.47. The van der Waals surface area contributed by atoms with Gasteiger partial charge in [-0.2, -0.15) is 0 Å². The molecule has 2 N–H and O–H groups in total. The van der Waals surface area contributed by atoms with E-state index in [1.165, 1.54) is 0 Å². The molecule has 0 spiro atoms. The minimum atomic E-state index is -0.845. The normalized spacial score (nSPS) is 13.8. The van der Waals surface area contributed by atoms with Gasteiger partial charge in [-0.1, -0.05) is 20.3 Å². The van der Waals surface area contributed by atoms with Crippen LogP contribution < -0.4 is 0 Å². The van der Waals surface area contributed by atoms with Crippen LogP contribution in [-0.2, 0) is 14.3 Å². The van der Waals surface area contributed by atoms with Crippen LogP contribution in [0, 0.1) is 5.92 Å². The number of aliphatic hydroxyl groups excluding tert-OH is 1. The number of aliphatic carboxylic acids is 1. The highest BCUT2D eigenvalue weighted by Gasteiger charge is 2.18. The van der Waals surface area contributed by atoms with Crippen molar-refractivity contribution in [3.63, 3.8) is 0 Å². The number of carbonyl (C=O) groups excluding carboxylic acids is 1. The van der Waals surface area contributed by atoms with Gasteiger partial charge in [-0.25, -0.2) is 0 Å². The van der Waals surface area contributed by atoms with Crippen molar-refractivity contribution < 1.29 is 24.5 Å².